The molecule has 0 fully saturated rings. The van der Waals surface area contributed by atoms with Crippen molar-refractivity contribution in [3.8, 4) is 11.1 Å². The highest BCUT2D eigenvalue weighted by Crippen LogP contribution is 2.22. The summed E-state index contributed by atoms with van der Waals surface area (Å²) in [5, 5.41) is 8.91. The predicted molar refractivity (Wildman–Crippen MR) is 86.6 cm³/mol. The monoisotopic (exact) mass is 282 g/mol. The summed E-state index contributed by atoms with van der Waals surface area (Å²) in [6.45, 7) is 4.52. The number of carboxylic acids is 1. The second kappa shape index (κ2) is 7.07. The molecule has 2 rings (SSSR count). The quantitative estimate of drug-likeness (QED) is 0.806. The van der Waals surface area contributed by atoms with Gasteiger partial charge in [-0.2, -0.15) is 0 Å². The Kier molecular flexibility index (Phi) is 5.15. The molecule has 0 spiro atoms. The van der Waals surface area contributed by atoms with E-state index in [4.69, 9.17) is 5.11 Å². The maximum Gasteiger partial charge on any atom is 0.335 e. The van der Waals surface area contributed by atoms with Gasteiger partial charge < -0.3 is 5.11 Å². The Morgan fingerprint density at radius 3 is 2.00 bits per heavy atom. The van der Waals surface area contributed by atoms with E-state index in [-0.39, 0.29) is 0 Å². The first-order valence-corrected chi connectivity index (χ1v) is 7.52. The molecule has 0 radical (unpaired) electrons. The topological polar surface area (TPSA) is 37.3 Å². The summed E-state index contributed by atoms with van der Waals surface area (Å²) >= 11 is 0. The van der Waals surface area contributed by atoms with Crippen LogP contribution in [0, 0.1) is 5.92 Å². The van der Waals surface area contributed by atoms with Gasteiger partial charge in [0.15, 0.2) is 0 Å². The molecule has 2 aromatic carbocycles. The third-order valence-corrected chi connectivity index (χ3v) is 3.78. The number of carbonyl (C=O) groups is 1. The minimum atomic E-state index is -0.887. The van der Waals surface area contributed by atoms with Crippen molar-refractivity contribution in [2.45, 2.75) is 33.1 Å². The second-order valence-corrected chi connectivity index (χ2v) is 5.68. The van der Waals surface area contributed by atoms with Gasteiger partial charge in [-0.3, -0.25) is 0 Å². The average Bonchev–Trinajstić information content (AvgIpc) is 2.48. The van der Waals surface area contributed by atoms with Gasteiger partial charge in [-0.25, -0.2) is 4.79 Å². The number of carboxylic acid groups (broad SMARTS) is 1. The van der Waals surface area contributed by atoms with E-state index in [2.05, 4.69) is 38.1 Å². The molecule has 1 N–H and O–H groups in total. The summed E-state index contributed by atoms with van der Waals surface area (Å²) in [7, 11) is 0. The van der Waals surface area contributed by atoms with Gasteiger partial charge in [0.25, 0.3) is 0 Å². The van der Waals surface area contributed by atoms with Crippen molar-refractivity contribution in [2.24, 2.45) is 5.92 Å². The molecule has 0 aliphatic rings. The van der Waals surface area contributed by atoms with Crippen LogP contribution < -0.4 is 0 Å². The Labute approximate surface area is 126 Å². The molecule has 0 heterocycles. The van der Waals surface area contributed by atoms with Gasteiger partial charge in [-0.05, 0) is 41.2 Å². The predicted octanol–water partition coefficient (Wildman–Crippen LogP) is 5.03. The third kappa shape index (κ3) is 4.19. The van der Waals surface area contributed by atoms with Crippen LogP contribution in [0.15, 0.2) is 48.5 Å². The molecular formula is C19H22O2. The summed E-state index contributed by atoms with van der Waals surface area (Å²) in [6, 6.07) is 15.6. The average molecular weight is 282 g/mol. The normalized spacial score (nSPS) is 12.1. The van der Waals surface area contributed by atoms with Crippen LogP contribution in [0.25, 0.3) is 11.1 Å². The third-order valence-electron chi connectivity index (χ3n) is 3.78. The van der Waals surface area contributed by atoms with Crippen LogP contribution in [0.5, 0.6) is 0 Å². The summed E-state index contributed by atoms with van der Waals surface area (Å²) < 4.78 is 0. The summed E-state index contributed by atoms with van der Waals surface area (Å²) in [5.41, 5.74) is 3.86. The van der Waals surface area contributed by atoms with E-state index in [0.29, 0.717) is 5.56 Å². The van der Waals surface area contributed by atoms with E-state index in [9.17, 15) is 4.79 Å². The first-order chi connectivity index (χ1) is 10.1. The molecule has 0 saturated carbocycles. The zero-order chi connectivity index (χ0) is 15.2. The SMILES string of the molecule is CCCC(C)Cc1ccc(-c2ccc(C(=O)O)cc2)cc1. The van der Waals surface area contributed by atoms with E-state index >= 15 is 0 Å². The highest BCUT2D eigenvalue weighted by molar-refractivity contribution is 5.88. The summed E-state index contributed by atoms with van der Waals surface area (Å²) in [6.07, 6.45) is 3.61. The molecule has 0 amide bonds. The molecule has 110 valence electrons. The van der Waals surface area contributed by atoms with Crippen LogP contribution >= 0.6 is 0 Å². The molecular weight excluding hydrogens is 260 g/mol. The Bertz CT molecular complexity index is 582. The standard InChI is InChI=1S/C19H22O2/c1-3-4-14(2)13-15-5-7-16(8-6-15)17-9-11-18(12-10-17)19(20)21/h5-12,14H,3-4,13H2,1-2H3,(H,20,21). The van der Waals surface area contributed by atoms with Crippen molar-refractivity contribution < 1.29 is 9.90 Å². The summed E-state index contributed by atoms with van der Waals surface area (Å²) in [4.78, 5) is 10.8. The van der Waals surface area contributed by atoms with Gasteiger partial charge in [0.1, 0.15) is 0 Å². The van der Waals surface area contributed by atoms with E-state index < -0.39 is 5.97 Å². The lowest BCUT2D eigenvalue weighted by Crippen LogP contribution is -1.99. The van der Waals surface area contributed by atoms with Crippen LogP contribution in [0.4, 0.5) is 0 Å². The molecule has 2 heteroatoms. The minimum Gasteiger partial charge on any atom is -0.478 e. The van der Waals surface area contributed by atoms with Crippen molar-refractivity contribution in [3.63, 3.8) is 0 Å². The van der Waals surface area contributed by atoms with Crippen LogP contribution in [-0.4, -0.2) is 11.1 Å². The van der Waals surface area contributed by atoms with Gasteiger partial charge in [-0.15, -0.1) is 0 Å². The number of hydrogen-bond donors (Lipinski definition) is 1. The fourth-order valence-electron chi connectivity index (χ4n) is 2.64. The van der Waals surface area contributed by atoms with E-state index in [0.717, 1.165) is 23.5 Å². The van der Waals surface area contributed by atoms with Crippen molar-refractivity contribution in [2.75, 3.05) is 0 Å². The number of aromatic carboxylic acids is 1. The zero-order valence-corrected chi connectivity index (χ0v) is 12.7. The van der Waals surface area contributed by atoms with Crippen molar-refractivity contribution in [1.82, 2.24) is 0 Å². The lowest BCUT2D eigenvalue weighted by Gasteiger charge is -2.10. The lowest BCUT2D eigenvalue weighted by atomic mass is 9.95. The highest BCUT2D eigenvalue weighted by Gasteiger charge is 2.05. The molecule has 1 atom stereocenters. The number of hydrogen-bond acceptors (Lipinski definition) is 1. The summed E-state index contributed by atoms with van der Waals surface area (Å²) in [5.74, 6) is -0.169. The molecule has 0 saturated heterocycles. The molecule has 2 nitrogen and oxygen atoms in total. The molecule has 0 aliphatic carbocycles. The van der Waals surface area contributed by atoms with E-state index in [1.165, 1.54) is 18.4 Å². The van der Waals surface area contributed by atoms with Gasteiger partial charge >= 0.3 is 5.97 Å². The van der Waals surface area contributed by atoms with Crippen molar-refractivity contribution in [1.29, 1.82) is 0 Å². The first-order valence-electron chi connectivity index (χ1n) is 7.52. The molecule has 1 unspecified atom stereocenters. The van der Waals surface area contributed by atoms with Crippen molar-refractivity contribution in [3.05, 3.63) is 59.7 Å². The van der Waals surface area contributed by atoms with E-state index in [1.54, 1.807) is 12.1 Å². The fraction of sp³-hybridized carbons (Fsp3) is 0.316. The van der Waals surface area contributed by atoms with Gasteiger partial charge in [-0.1, -0.05) is 63.1 Å². The first kappa shape index (κ1) is 15.3. The second-order valence-electron chi connectivity index (χ2n) is 5.68. The van der Waals surface area contributed by atoms with Crippen LogP contribution in [-0.2, 0) is 6.42 Å². The molecule has 21 heavy (non-hydrogen) atoms. The molecule has 0 bridgehead atoms. The van der Waals surface area contributed by atoms with Gasteiger partial charge in [0, 0.05) is 0 Å². The highest BCUT2D eigenvalue weighted by atomic mass is 16.4. The molecule has 0 aromatic heterocycles. The minimum absolute atomic E-state index is 0.323. The lowest BCUT2D eigenvalue weighted by molar-refractivity contribution is 0.0697. The van der Waals surface area contributed by atoms with Gasteiger partial charge in [0.2, 0.25) is 0 Å². The Morgan fingerprint density at radius 2 is 1.52 bits per heavy atom. The largest absolute Gasteiger partial charge is 0.478 e. The van der Waals surface area contributed by atoms with Crippen LogP contribution in [0.2, 0.25) is 0 Å². The zero-order valence-electron chi connectivity index (χ0n) is 12.7. The molecule has 2 aromatic rings. The van der Waals surface area contributed by atoms with Gasteiger partial charge in [0.05, 0.1) is 5.56 Å². The Hall–Kier alpha value is -2.09. The number of benzene rings is 2. The van der Waals surface area contributed by atoms with Crippen molar-refractivity contribution >= 4 is 5.97 Å². The molecule has 0 aliphatic heterocycles. The van der Waals surface area contributed by atoms with E-state index in [1.807, 2.05) is 12.1 Å². The number of rotatable bonds is 6. The fourth-order valence-corrected chi connectivity index (χ4v) is 2.64. The smallest absolute Gasteiger partial charge is 0.335 e. The maximum atomic E-state index is 10.8. The maximum absolute atomic E-state index is 10.8. The Morgan fingerprint density at radius 1 is 1.00 bits per heavy atom. The van der Waals surface area contributed by atoms with Crippen LogP contribution in [0.1, 0.15) is 42.6 Å². The van der Waals surface area contributed by atoms with Crippen LogP contribution in [0.3, 0.4) is 0 Å². The Balaban J connectivity index is 2.09.